The molecule has 1 aromatic rings. The SMILES string of the molecule is O=C(O)CCc1ccc(C(F)F)cc1Br. The second-order valence-corrected chi connectivity index (χ2v) is 3.90. The van der Waals surface area contributed by atoms with Gasteiger partial charge in [-0.1, -0.05) is 28.1 Å². The number of benzene rings is 1. The number of carboxylic acids is 1. The molecule has 2 nitrogen and oxygen atoms in total. The summed E-state index contributed by atoms with van der Waals surface area (Å²) in [6, 6.07) is 4.16. The van der Waals surface area contributed by atoms with Crippen LogP contribution in [0, 0.1) is 0 Å². The van der Waals surface area contributed by atoms with Crippen molar-refractivity contribution >= 4 is 21.9 Å². The summed E-state index contributed by atoms with van der Waals surface area (Å²) in [5.41, 5.74) is 0.655. The van der Waals surface area contributed by atoms with Crippen LogP contribution < -0.4 is 0 Å². The minimum Gasteiger partial charge on any atom is -0.481 e. The Labute approximate surface area is 94.0 Å². The minimum atomic E-state index is -2.50. The third-order valence-electron chi connectivity index (χ3n) is 1.94. The van der Waals surface area contributed by atoms with E-state index in [0.29, 0.717) is 10.9 Å². The zero-order valence-corrected chi connectivity index (χ0v) is 9.30. The average molecular weight is 279 g/mol. The molecule has 0 atom stereocenters. The summed E-state index contributed by atoms with van der Waals surface area (Å²) in [5, 5.41) is 8.47. The molecule has 0 aromatic heterocycles. The van der Waals surface area contributed by atoms with Gasteiger partial charge in [0.05, 0.1) is 0 Å². The fourth-order valence-corrected chi connectivity index (χ4v) is 1.74. The largest absolute Gasteiger partial charge is 0.481 e. The number of hydrogen-bond donors (Lipinski definition) is 1. The van der Waals surface area contributed by atoms with E-state index in [1.54, 1.807) is 0 Å². The maximum atomic E-state index is 12.3. The van der Waals surface area contributed by atoms with Crippen LogP contribution >= 0.6 is 15.9 Å². The molecule has 82 valence electrons. The van der Waals surface area contributed by atoms with Crippen LogP contribution in [-0.2, 0) is 11.2 Å². The molecule has 0 saturated carbocycles. The summed E-state index contributed by atoms with van der Waals surface area (Å²) in [6.07, 6.45) is -2.18. The van der Waals surface area contributed by atoms with Gasteiger partial charge in [-0.25, -0.2) is 8.78 Å². The topological polar surface area (TPSA) is 37.3 Å². The van der Waals surface area contributed by atoms with Crippen LogP contribution in [0.25, 0.3) is 0 Å². The molecule has 0 unspecified atom stereocenters. The van der Waals surface area contributed by atoms with Crippen molar-refractivity contribution in [2.24, 2.45) is 0 Å². The number of alkyl halides is 2. The van der Waals surface area contributed by atoms with E-state index < -0.39 is 12.4 Å². The van der Waals surface area contributed by atoms with Gasteiger partial charge in [0.25, 0.3) is 6.43 Å². The van der Waals surface area contributed by atoms with Gasteiger partial charge in [-0.15, -0.1) is 0 Å². The van der Waals surface area contributed by atoms with Crippen molar-refractivity contribution in [2.45, 2.75) is 19.3 Å². The Hall–Kier alpha value is -0.970. The first-order chi connectivity index (χ1) is 7.00. The summed E-state index contributed by atoms with van der Waals surface area (Å²) in [4.78, 5) is 10.3. The number of carboxylic acid groups (broad SMARTS) is 1. The Bertz CT molecular complexity index is 366. The smallest absolute Gasteiger partial charge is 0.303 e. The van der Waals surface area contributed by atoms with Crippen molar-refractivity contribution in [3.8, 4) is 0 Å². The van der Waals surface area contributed by atoms with E-state index in [2.05, 4.69) is 15.9 Å². The van der Waals surface area contributed by atoms with E-state index >= 15 is 0 Å². The van der Waals surface area contributed by atoms with Crippen LogP contribution in [0.3, 0.4) is 0 Å². The molecule has 15 heavy (non-hydrogen) atoms. The summed E-state index contributed by atoms with van der Waals surface area (Å²) < 4.78 is 25.1. The van der Waals surface area contributed by atoms with E-state index in [4.69, 9.17) is 5.11 Å². The van der Waals surface area contributed by atoms with Crippen molar-refractivity contribution in [3.63, 3.8) is 0 Å². The first-order valence-corrected chi connectivity index (χ1v) is 5.08. The molecular weight excluding hydrogens is 270 g/mol. The number of halogens is 3. The van der Waals surface area contributed by atoms with Crippen molar-refractivity contribution in [1.82, 2.24) is 0 Å². The number of hydrogen-bond acceptors (Lipinski definition) is 1. The third-order valence-corrected chi connectivity index (χ3v) is 2.68. The van der Waals surface area contributed by atoms with Gasteiger partial charge in [0, 0.05) is 16.5 Å². The van der Waals surface area contributed by atoms with Crippen molar-refractivity contribution in [1.29, 1.82) is 0 Å². The quantitative estimate of drug-likeness (QED) is 0.917. The second kappa shape index (κ2) is 5.21. The Balaban J connectivity index is 2.79. The molecule has 0 aliphatic heterocycles. The molecule has 1 rings (SSSR count). The lowest BCUT2D eigenvalue weighted by Crippen LogP contribution is -1.98. The minimum absolute atomic E-state index is 0.00732. The molecule has 0 fully saturated rings. The highest BCUT2D eigenvalue weighted by Crippen LogP contribution is 2.25. The van der Waals surface area contributed by atoms with E-state index in [-0.39, 0.29) is 12.0 Å². The van der Waals surface area contributed by atoms with E-state index in [0.717, 1.165) is 5.56 Å². The van der Waals surface area contributed by atoms with Crippen LogP contribution in [0.4, 0.5) is 8.78 Å². The lowest BCUT2D eigenvalue weighted by molar-refractivity contribution is -0.136. The first kappa shape index (κ1) is 12.1. The maximum absolute atomic E-state index is 12.3. The summed E-state index contributed by atoms with van der Waals surface area (Å²) in [7, 11) is 0. The molecule has 0 aliphatic carbocycles. The molecule has 0 saturated heterocycles. The van der Waals surface area contributed by atoms with Crippen LogP contribution in [0.5, 0.6) is 0 Å². The first-order valence-electron chi connectivity index (χ1n) is 4.29. The van der Waals surface area contributed by atoms with Crippen LogP contribution in [0.15, 0.2) is 22.7 Å². The van der Waals surface area contributed by atoms with E-state index in [9.17, 15) is 13.6 Å². The van der Waals surface area contributed by atoms with Gasteiger partial charge in [0.2, 0.25) is 0 Å². The highest BCUT2D eigenvalue weighted by molar-refractivity contribution is 9.10. The van der Waals surface area contributed by atoms with Crippen LogP contribution in [-0.4, -0.2) is 11.1 Å². The molecule has 0 radical (unpaired) electrons. The number of carbonyl (C=O) groups is 1. The predicted octanol–water partition coefficient (Wildman–Crippen LogP) is 3.40. The van der Waals surface area contributed by atoms with Gasteiger partial charge in [0.1, 0.15) is 0 Å². The Morgan fingerprint density at radius 1 is 1.47 bits per heavy atom. The van der Waals surface area contributed by atoms with Gasteiger partial charge >= 0.3 is 5.97 Å². The Kier molecular flexibility index (Phi) is 4.20. The zero-order valence-electron chi connectivity index (χ0n) is 7.71. The summed E-state index contributed by atoms with van der Waals surface area (Å²) in [5.74, 6) is -0.903. The van der Waals surface area contributed by atoms with Gasteiger partial charge in [-0.3, -0.25) is 4.79 Å². The molecule has 0 heterocycles. The highest BCUT2D eigenvalue weighted by Gasteiger charge is 2.10. The number of aliphatic carboxylic acids is 1. The Morgan fingerprint density at radius 2 is 2.13 bits per heavy atom. The lowest BCUT2D eigenvalue weighted by atomic mass is 10.1. The number of aryl methyl sites for hydroxylation is 1. The normalized spacial score (nSPS) is 10.7. The van der Waals surface area contributed by atoms with E-state index in [1.165, 1.54) is 18.2 Å². The summed E-state index contributed by atoms with van der Waals surface area (Å²) in [6.45, 7) is 0. The molecule has 0 spiro atoms. The summed E-state index contributed by atoms with van der Waals surface area (Å²) >= 11 is 3.14. The van der Waals surface area contributed by atoms with Gasteiger partial charge in [-0.2, -0.15) is 0 Å². The maximum Gasteiger partial charge on any atom is 0.303 e. The molecule has 1 N–H and O–H groups in total. The van der Waals surface area contributed by atoms with Crippen LogP contribution in [0.2, 0.25) is 0 Å². The van der Waals surface area contributed by atoms with Gasteiger partial charge < -0.3 is 5.11 Å². The Morgan fingerprint density at radius 3 is 2.60 bits per heavy atom. The zero-order chi connectivity index (χ0) is 11.4. The fourth-order valence-electron chi connectivity index (χ4n) is 1.14. The third kappa shape index (κ3) is 3.58. The number of rotatable bonds is 4. The molecule has 0 aliphatic rings. The molecule has 5 heteroatoms. The van der Waals surface area contributed by atoms with Crippen LogP contribution in [0.1, 0.15) is 24.0 Å². The van der Waals surface area contributed by atoms with Gasteiger partial charge in [0.15, 0.2) is 0 Å². The molecular formula is C10H9BrF2O2. The van der Waals surface area contributed by atoms with Crippen molar-refractivity contribution < 1.29 is 18.7 Å². The van der Waals surface area contributed by atoms with Gasteiger partial charge in [-0.05, 0) is 18.1 Å². The standard InChI is InChI=1S/C10H9BrF2O2/c11-8-5-7(10(12)13)2-1-6(8)3-4-9(14)15/h1-2,5,10H,3-4H2,(H,14,15). The lowest BCUT2D eigenvalue weighted by Gasteiger charge is -2.05. The second-order valence-electron chi connectivity index (χ2n) is 3.05. The molecule has 1 aromatic carbocycles. The molecule has 0 amide bonds. The average Bonchev–Trinajstić information content (AvgIpc) is 2.15. The molecule has 0 bridgehead atoms. The van der Waals surface area contributed by atoms with Crippen molar-refractivity contribution in [3.05, 3.63) is 33.8 Å². The fraction of sp³-hybridized carbons (Fsp3) is 0.300. The monoisotopic (exact) mass is 278 g/mol. The van der Waals surface area contributed by atoms with E-state index in [1.807, 2.05) is 0 Å². The van der Waals surface area contributed by atoms with Crippen molar-refractivity contribution in [2.75, 3.05) is 0 Å². The highest BCUT2D eigenvalue weighted by atomic mass is 79.9. The predicted molar refractivity (Wildman–Crippen MR) is 55.1 cm³/mol.